The second kappa shape index (κ2) is 7.85. The molecule has 0 aliphatic heterocycles. The third-order valence-corrected chi connectivity index (χ3v) is 4.37. The molecule has 0 radical (unpaired) electrons. The van der Waals surface area contributed by atoms with Gasteiger partial charge in [-0.15, -0.1) is 0 Å². The molecule has 2 N–H and O–H groups in total. The molecular formula is C21H17ClN2O2. The average Bonchev–Trinajstić information content (AvgIpc) is 2.66. The highest BCUT2D eigenvalue weighted by Gasteiger charge is 2.10. The number of halogens is 1. The molecule has 3 rings (SSSR count). The Labute approximate surface area is 156 Å². The quantitative estimate of drug-likeness (QED) is 0.672. The van der Waals surface area contributed by atoms with Gasteiger partial charge in [-0.2, -0.15) is 0 Å². The molecule has 3 aromatic rings. The highest BCUT2D eigenvalue weighted by molar-refractivity contribution is 6.31. The summed E-state index contributed by atoms with van der Waals surface area (Å²) in [7, 11) is 0. The van der Waals surface area contributed by atoms with E-state index in [4.69, 9.17) is 11.6 Å². The zero-order valence-corrected chi connectivity index (χ0v) is 14.9. The van der Waals surface area contributed by atoms with Gasteiger partial charge in [-0.05, 0) is 61.0 Å². The maximum atomic E-state index is 12.4. The molecule has 4 nitrogen and oxygen atoms in total. The van der Waals surface area contributed by atoms with Crippen LogP contribution in [0.3, 0.4) is 0 Å². The molecule has 0 unspecified atom stereocenters. The average molecular weight is 365 g/mol. The van der Waals surface area contributed by atoms with Crippen molar-refractivity contribution in [3.8, 4) is 0 Å². The second-order valence-corrected chi connectivity index (χ2v) is 6.17. The Hall–Kier alpha value is -3.11. The summed E-state index contributed by atoms with van der Waals surface area (Å²) in [6, 6.07) is 21.0. The number of carbonyl (C=O) groups is 2. The number of amides is 2. The number of hydrogen-bond donors (Lipinski definition) is 2. The largest absolute Gasteiger partial charge is 0.322 e. The standard InChI is InChI=1S/C21H17ClN2O2/c1-14-18(22)8-5-9-19(14)24-21(26)16-10-12-17(13-11-16)23-20(25)15-6-3-2-4-7-15/h2-13H,1H3,(H,23,25)(H,24,26). The van der Waals surface area contributed by atoms with Gasteiger partial charge in [0.1, 0.15) is 0 Å². The van der Waals surface area contributed by atoms with E-state index in [1.165, 1.54) is 0 Å². The minimum absolute atomic E-state index is 0.197. The molecule has 0 bridgehead atoms. The van der Waals surface area contributed by atoms with Crippen LogP contribution in [0.1, 0.15) is 26.3 Å². The van der Waals surface area contributed by atoms with Crippen LogP contribution in [0.25, 0.3) is 0 Å². The van der Waals surface area contributed by atoms with Crippen LogP contribution in [0.2, 0.25) is 5.02 Å². The lowest BCUT2D eigenvalue weighted by Crippen LogP contribution is -2.14. The van der Waals surface area contributed by atoms with Gasteiger partial charge in [0.25, 0.3) is 11.8 Å². The lowest BCUT2D eigenvalue weighted by atomic mass is 10.1. The van der Waals surface area contributed by atoms with E-state index in [0.29, 0.717) is 27.5 Å². The normalized spacial score (nSPS) is 10.2. The van der Waals surface area contributed by atoms with Gasteiger partial charge in [0.15, 0.2) is 0 Å². The van der Waals surface area contributed by atoms with Crippen molar-refractivity contribution in [2.24, 2.45) is 0 Å². The number of benzene rings is 3. The number of carbonyl (C=O) groups excluding carboxylic acids is 2. The van der Waals surface area contributed by atoms with Crippen molar-refractivity contribution in [1.29, 1.82) is 0 Å². The minimum atomic E-state index is -0.240. The molecule has 2 amide bonds. The van der Waals surface area contributed by atoms with Gasteiger partial charge in [0.05, 0.1) is 0 Å². The maximum Gasteiger partial charge on any atom is 0.255 e. The zero-order valence-electron chi connectivity index (χ0n) is 14.1. The van der Waals surface area contributed by atoms with Gasteiger partial charge in [-0.1, -0.05) is 35.9 Å². The van der Waals surface area contributed by atoms with Gasteiger partial charge < -0.3 is 10.6 Å². The van der Waals surface area contributed by atoms with Crippen molar-refractivity contribution in [2.45, 2.75) is 6.92 Å². The SMILES string of the molecule is Cc1c(Cl)cccc1NC(=O)c1ccc(NC(=O)c2ccccc2)cc1. The Morgan fingerprint density at radius 1 is 0.731 bits per heavy atom. The topological polar surface area (TPSA) is 58.2 Å². The molecule has 3 aromatic carbocycles. The van der Waals surface area contributed by atoms with Gasteiger partial charge in [0, 0.05) is 27.5 Å². The summed E-state index contributed by atoms with van der Waals surface area (Å²) < 4.78 is 0. The molecule has 0 aromatic heterocycles. The van der Waals surface area contributed by atoms with Gasteiger partial charge >= 0.3 is 0 Å². The van der Waals surface area contributed by atoms with Crippen LogP contribution in [-0.4, -0.2) is 11.8 Å². The summed E-state index contributed by atoms with van der Waals surface area (Å²) in [4.78, 5) is 24.5. The first kappa shape index (κ1) is 17.7. The van der Waals surface area contributed by atoms with E-state index >= 15 is 0 Å². The maximum absolute atomic E-state index is 12.4. The minimum Gasteiger partial charge on any atom is -0.322 e. The molecule has 0 aliphatic rings. The second-order valence-electron chi connectivity index (χ2n) is 5.76. The number of nitrogens with one attached hydrogen (secondary N) is 2. The number of anilines is 2. The lowest BCUT2D eigenvalue weighted by molar-refractivity contribution is 0.102. The number of rotatable bonds is 4. The third kappa shape index (κ3) is 4.10. The smallest absolute Gasteiger partial charge is 0.255 e. The van der Waals surface area contributed by atoms with E-state index < -0.39 is 0 Å². The predicted octanol–water partition coefficient (Wildman–Crippen LogP) is 5.15. The number of hydrogen-bond acceptors (Lipinski definition) is 2. The summed E-state index contributed by atoms with van der Waals surface area (Å²) >= 11 is 6.07. The van der Waals surface area contributed by atoms with Crippen LogP contribution in [-0.2, 0) is 0 Å². The molecule has 0 aliphatic carbocycles. The summed E-state index contributed by atoms with van der Waals surface area (Å²) in [5.74, 6) is -0.436. The monoisotopic (exact) mass is 364 g/mol. The molecule has 26 heavy (non-hydrogen) atoms. The van der Waals surface area contributed by atoms with Crippen molar-refractivity contribution >= 4 is 34.8 Å². The predicted molar refractivity (Wildman–Crippen MR) is 105 cm³/mol. The summed E-state index contributed by atoms with van der Waals surface area (Å²) in [6.45, 7) is 1.85. The molecular weight excluding hydrogens is 348 g/mol. The fourth-order valence-electron chi connectivity index (χ4n) is 2.44. The molecule has 0 fully saturated rings. The van der Waals surface area contributed by atoms with Crippen LogP contribution in [0, 0.1) is 6.92 Å². The van der Waals surface area contributed by atoms with Gasteiger partial charge in [0.2, 0.25) is 0 Å². The Morgan fingerprint density at radius 2 is 1.35 bits per heavy atom. The van der Waals surface area contributed by atoms with E-state index in [2.05, 4.69) is 10.6 Å². The molecule has 0 heterocycles. The highest BCUT2D eigenvalue weighted by atomic mass is 35.5. The van der Waals surface area contributed by atoms with Gasteiger partial charge in [-0.25, -0.2) is 0 Å². The molecule has 5 heteroatoms. The first-order chi connectivity index (χ1) is 12.5. The van der Waals surface area contributed by atoms with E-state index in [1.807, 2.05) is 13.0 Å². The van der Waals surface area contributed by atoms with E-state index in [-0.39, 0.29) is 11.8 Å². The molecule has 0 saturated carbocycles. The van der Waals surface area contributed by atoms with Crippen LogP contribution in [0.15, 0.2) is 72.8 Å². The van der Waals surface area contributed by atoms with Crippen LogP contribution in [0.5, 0.6) is 0 Å². The molecule has 0 atom stereocenters. The summed E-state index contributed by atoms with van der Waals surface area (Å²) in [5, 5.41) is 6.24. The fourth-order valence-corrected chi connectivity index (χ4v) is 2.61. The highest BCUT2D eigenvalue weighted by Crippen LogP contribution is 2.23. The first-order valence-electron chi connectivity index (χ1n) is 8.07. The summed E-state index contributed by atoms with van der Waals surface area (Å²) in [6.07, 6.45) is 0. The molecule has 0 spiro atoms. The van der Waals surface area contributed by atoms with E-state index in [1.54, 1.807) is 66.7 Å². The fraction of sp³-hybridized carbons (Fsp3) is 0.0476. The van der Waals surface area contributed by atoms with Crippen molar-refractivity contribution in [3.05, 3.63) is 94.5 Å². The molecule has 130 valence electrons. The van der Waals surface area contributed by atoms with Crippen molar-refractivity contribution in [3.63, 3.8) is 0 Å². The zero-order chi connectivity index (χ0) is 18.5. The van der Waals surface area contributed by atoms with Crippen LogP contribution >= 0.6 is 11.6 Å². The Bertz CT molecular complexity index is 938. The molecule has 0 saturated heterocycles. The first-order valence-corrected chi connectivity index (χ1v) is 8.45. The lowest BCUT2D eigenvalue weighted by Gasteiger charge is -2.10. The van der Waals surface area contributed by atoms with Crippen LogP contribution < -0.4 is 10.6 Å². The summed E-state index contributed by atoms with van der Waals surface area (Å²) in [5.41, 5.74) is 3.17. The Morgan fingerprint density at radius 3 is 2.04 bits per heavy atom. The Kier molecular flexibility index (Phi) is 5.34. The third-order valence-electron chi connectivity index (χ3n) is 3.96. The van der Waals surface area contributed by atoms with E-state index in [9.17, 15) is 9.59 Å². The van der Waals surface area contributed by atoms with Crippen LogP contribution in [0.4, 0.5) is 11.4 Å². The van der Waals surface area contributed by atoms with Crippen molar-refractivity contribution < 1.29 is 9.59 Å². The van der Waals surface area contributed by atoms with Gasteiger partial charge in [-0.3, -0.25) is 9.59 Å². The Balaban J connectivity index is 1.68. The van der Waals surface area contributed by atoms with E-state index in [0.717, 1.165) is 5.56 Å². The van der Waals surface area contributed by atoms with Crippen molar-refractivity contribution in [2.75, 3.05) is 10.6 Å². The van der Waals surface area contributed by atoms with Crippen molar-refractivity contribution in [1.82, 2.24) is 0 Å².